The van der Waals surface area contributed by atoms with Crippen LogP contribution in [0.2, 0.25) is 0 Å². The summed E-state index contributed by atoms with van der Waals surface area (Å²) in [5.41, 5.74) is 5.28. The summed E-state index contributed by atoms with van der Waals surface area (Å²) in [6.45, 7) is 0. The molecule has 0 aliphatic carbocycles. The number of fused-ring (bicyclic) bond motifs is 1. The van der Waals surface area contributed by atoms with Crippen molar-refractivity contribution >= 4 is 16.7 Å². The highest BCUT2D eigenvalue weighted by Gasteiger charge is 2.03. The van der Waals surface area contributed by atoms with E-state index in [4.69, 9.17) is 5.73 Å². The summed E-state index contributed by atoms with van der Waals surface area (Å²) in [6.07, 6.45) is 0. The number of nitrogen functional groups attached to an aromatic ring is 1. The molecule has 0 amide bonds. The predicted molar refractivity (Wildman–Crippen MR) is 46.7 cm³/mol. The summed E-state index contributed by atoms with van der Waals surface area (Å²) in [5, 5.41) is 6.32. The third-order valence-corrected chi connectivity index (χ3v) is 1.76. The molecule has 2 aromatic rings. The molecule has 0 fully saturated rings. The summed E-state index contributed by atoms with van der Waals surface area (Å²) in [7, 11) is 0. The first-order chi connectivity index (χ1) is 6.18. The molecular weight excluding hydrogens is 173 g/mol. The van der Waals surface area contributed by atoms with Crippen molar-refractivity contribution in [1.29, 1.82) is 0 Å². The highest BCUT2D eigenvalue weighted by molar-refractivity contribution is 5.79. The summed E-state index contributed by atoms with van der Waals surface area (Å²) in [4.78, 5) is 11.3. The molecule has 0 bridgehead atoms. The summed E-state index contributed by atoms with van der Waals surface area (Å²) in [6, 6.07) is 3.82. The van der Waals surface area contributed by atoms with Gasteiger partial charge in [0.2, 0.25) is 5.43 Å². The molecular formula is C8H6FN3O. The van der Waals surface area contributed by atoms with Gasteiger partial charge in [0.25, 0.3) is 0 Å². The lowest BCUT2D eigenvalue weighted by Gasteiger charge is -1.97. The number of aromatic amines is 1. The first-order valence-electron chi connectivity index (χ1n) is 3.62. The second-order valence-corrected chi connectivity index (χ2v) is 2.63. The van der Waals surface area contributed by atoms with Gasteiger partial charge in [-0.2, -0.15) is 5.10 Å². The molecule has 3 N–H and O–H groups in total. The van der Waals surface area contributed by atoms with Gasteiger partial charge in [0.05, 0.1) is 10.9 Å². The minimum absolute atomic E-state index is 0.155. The third kappa shape index (κ3) is 1.14. The molecule has 1 aromatic heterocycles. The number of halogens is 1. The van der Waals surface area contributed by atoms with Crippen LogP contribution in [0.5, 0.6) is 0 Å². The van der Waals surface area contributed by atoms with Gasteiger partial charge in [-0.05, 0) is 18.2 Å². The average Bonchev–Trinajstić information content (AvgIpc) is 2.12. The Morgan fingerprint density at radius 2 is 2.23 bits per heavy atom. The molecule has 0 unspecified atom stereocenters. The Hall–Kier alpha value is -1.91. The van der Waals surface area contributed by atoms with E-state index in [1.165, 1.54) is 12.1 Å². The summed E-state index contributed by atoms with van der Waals surface area (Å²) < 4.78 is 12.7. The van der Waals surface area contributed by atoms with E-state index in [2.05, 4.69) is 10.2 Å². The molecule has 0 aliphatic rings. The molecule has 0 spiro atoms. The SMILES string of the molecule is Nc1n[nH]c2ccc(F)cc2c1=O. The average molecular weight is 179 g/mol. The van der Waals surface area contributed by atoms with Crippen LogP contribution in [0.25, 0.3) is 10.9 Å². The molecule has 1 heterocycles. The van der Waals surface area contributed by atoms with E-state index >= 15 is 0 Å². The molecule has 0 saturated heterocycles. The molecule has 0 aliphatic heterocycles. The van der Waals surface area contributed by atoms with Crippen LogP contribution in [-0.2, 0) is 0 Å². The fraction of sp³-hybridized carbons (Fsp3) is 0. The number of hydrogen-bond acceptors (Lipinski definition) is 3. The van der Waals surface area contributed by atoms with Crippen LogP contribution >= 0.6 is 0 Å². The lowest BCUT2D eigenvalue weighted by Crippen LogP contribution is -2.12. The van der Waals surface area contributed by atoms with Crippen LogP contribution < -0.4 is 11.2 Å². The minimum atomic E-state index is -0.469. The Morgan fingerprint density at radius 3 is 3.00 bits per heavy atom. The number of benzene rings is 1. The Kier molecular flexibility index (Phi) is 1.51. The van der Waals surface area contributed by atoms with Crippen LogP contribution in [0, 0.1) is 5.82 Å². The number of nitrogens with zero attached hydrogens (tertiary/aromatic N) is 1. The number of hydrogen-bond donors (Lipinski definition) is 2. The molecule has 0 atom stereocenters. The Morgan fingerprint density at radius 1 is 1.46 bits per heavy atom. The number of aromatic nitrogens is 2. The molecule has 2 rings (SSSR count). The van der Waals surface area contributed by atoms with Crippen molar-refractivity contribution in [2.75, 3.05) is 5.73 Å². The van der Waals surface area contributed by atoms with Crippen molar-refractivity contribution < 1.29 is 4.39 Å². The van der Waals surface area contributed by atoms with Crippen molar-refractivity contribution in [3.63, 3.8) is 0 Å². The Labute approximate surface area is 72.2 Å². The fourth-order valence-corrected chi connectivity index (χ4v) is 1.11. The van der Waals surface area contributed by atoms with Crippen LogP contribution in [0.1, 0.15) is 0 Å². The van der Waals surface area contributed by atoms with Crippen molar-refractivity contribution in [2.24, 2.45) is 0 Å². The number of rotatable bonds is 0. The first-order valence-corrected chi connectivity index (χ1v) is 3.62. The standard InChI is InChI=1S/C8H6FN3O/c9-4-1-2-6-5(3-4)7(13)8(10)12-11-6/h1-3H,(H2,10,12)(H,11,13). The smallest absolute Gasteiger partial charge is 0.231 e. The largest absolute Gasteiger partial charge is 0.379 e. The van der Waals surface area contributed by atoms with Crippen LogP contribution in [0.15, 0.2) is 23.0 Å². The van der Waals surface area contributed by atoms with E-state index in [1.807, 2.05) is 0 Å². The highest BCUT2D eigenvalue weighted by Crippen LogP contribution is 2.08. The number of nitrogens with two attached hydrogens (primary N) is 1. The monoisotopic (exact) mass is 179 g/mol. The van der Waals surface area contributed by atoms with Crippen LogP contribution in [0.4, 0.5) is 10.2 Å². The van der Waals surface area contributed by atoms with Gasteiger partial charge in [-0.25, -0.2) is 4.39 Å². The summed E-state index contributed by atoms with van der Waals surface area (Å²) in [5.74, 6) is -0.623. The zero-order chi connectivity index (χ0) is 9.42. The molecule has 5 heteroatoms. The molecule has 0 saturated carbocycles. The van der Waals surface area contributed by atoms with E-state index in [-0.39, 0.29) is 11.2 Å². The van der Waals surface area contributed by atoms with E-state index < -0.39 is 11.2 Å². The maximum atomic E-state index is 12.7. The van der Waals surface area contributed by atoms with Crippen molar-refractivity contribution in [2.45, 2.75) is 0 Å². The normalized spacial score (nSPS) is 10.5. The Bertz CT molecular complexity index is 515. The van der Waals surface area contributed by atoms with Crippen LogP contribution in [-0.4, -0.2) is 10.2 Å². The predicted octanol–water partition coefficient (Wildman–Crippen LogP) is 0.644. The van der Waals surface area contributed by atoms with E-state index in [0.29, 0.717) is 5.52 Å². The lowest BCUT2D eigenvalue weighted by atomic mass is 10.2. The van der Waals surface area contributed by atoms with Gasteiger partial charge in [-0.3, -0.25) is 9.89 Å². The number of H-pyrrole nitrogens is 1. The molecule has 66 valence electrons. The third-order valence-electron chi connectivity index (χ3n) is 1.76. The number of nitrogens with one attached hydrogen (secondary N) is 1. The lowest BCUT2D eigenvalue weighted by molar-refractivity contribution is 0.629. The molecule has 0 radical (unpaired) electrons. The fourth-order valence-electron chi connectivity index (χ4n) is 1.11. The van der Waals surface area contributed by atoms with Gasteiger partial charge >= 0.3 is 0 Å². The van der Waals surface area contributed by atoms with Gasteiger partial charge in [-0.15, -0.1) is 0 Å². The van der Waals surface area contributed by atoms with E-state index in [0.717, 1.165) is 6.07 Å². The molecule has 1 aromatic carbocycles. The minimum Gasteiger partial charge on any atom is -0.379 e. The van der Waals surface area contributed by atoms with Crippen molar-refractivity contribution in [3.05, 3.63) is 34.2 Å². The summed E-state index contributed by atoms with van der Waals surface area (Å²) >= 11 is 0. The Balaban J connectivity index is 2.97. The van der Waals surface area contributed by atoms with E-state index in [1.54, 1.807) is 0 Å². The maximum Gasteiger partial charge on any atom is 0.231 e. The first kappa shape index (κ1) is 7.72. The van der Waals surface area contributed by atoms with Crippen molar-refractivity contribution in [1.82, 2.24) is 10.2 Å². The van der Waals surface area contributed by atoms with Gasteiger partial charge in [0.15, 0.2) is 5.82 Å². The van der Waals surface area contributed by atoms with Gasteiger partial charge in [-0.1, -0.05) is 0 Å². The van der Waals surface area contributed by atoms with Gasteiger partial charge in [0, 0.05) is 0 Å². The quantitative estimate of drug-likeness (QED) is 0.623. The second kappa shape index (κ2) is 2.55. The van der Waals surface area contributed by atoms with E-state index in [9.17, 15) is 9.18 Å². The molecule has 13 heavy (non-hydrogen) atoms. The highest BCUT2D eigenvalue weighted by atomic mass is 19.1. The topological polar surface area (TPSA) is 71.8 Å². The van der Waals surface area contributed by atoms with Crippen molar-refractivity contribution in [3.8, 4) is 0 Å². The van der Waals surface area contributed by atoms with Gasteiger partial charge < -0.3 is 5.73 Å². The zero-order valence-electron chi connectivity index (χ0n) is 6.54. The van der Waals surface area contributed by atoms with Gasteiger partial charge in [0.1, 0.15) is 5.82 Å². The zero-order valence-corrected chi connectivity index (χ0v) is 6.54. The maximum absolute atomic E-state index is 12.7. The molecule has 4 nitrogen and oxygen atoms in total. The second-order valence-electron chi connectivity index (χ2n) is 2.63. The number of anilines is 1. The van der Waals surface area contributed by atoms with Crippen LogP contribution in [0.3, 0.4) is 0 Å².